The van der Waals surface area contributed by atoms with Gasteiger partial charge in [-0.1, -0.05) is 12.8 Å². The van der Waals surface area contributed by atoms with Crippen LogP contribution < -0.4 is 10.6 Å². The van der Waals surface area contributed by atoms with Crippen molar-refractivity contribution in [2.75, 3.05) is 46.8 Å². The molecule has 2 aliphatic rings. The Morgan fingerprint density at radius 2 is 1.93 bits per heavy atom. The van der Waals surface area contributed by atoms with Crippen LogP contribution in [0.4, 0.5) is 0 Å². The Morgan fingerprint density at radius 3 is 2.50 bits per heavy atom. The summed E-state index contributed by atoms with van der Waals surface area (Å²) in [6.45, 7) is 6.32. The van der Waals surface area contributed by atoms with E-state index in [1.807, 2.05) is 20.2 Å². The van der Waals surface area contributed by atoms with E-state index in [0.717, 1.165) is 63.6 Å². The first kappa shape index (κ1) is 25.0. The van der Waals surface area contributed by atoms with Gasteiger partial charge in [-0.15, -0.1) is 24.0 Å². The number of hydrogen-bond donors (Lipinski definition) is 2. The Labute approximate surface area is 198 Å². The van der Waals surface area contributed by atoms with Gasteiger partial charge < -0.3 is 20.0 Å². The standard InChI is InChI=1S/C22H37N5O2.HI/c1-4-23-21(25-17-22(11-5-6-12-22)20(28)26(2)3)24-16-18(19-10-9-15-29-19)27-13-7-8-14-27;/h9-10,15,18H,4-8,11-14,16-17H2,1-3H3,(H2,23,24,25);1H. The number of nitrogens with zero attached hydrogens (tertiary/aromatic N) is 3. The van der Waals surface area contributed by atoms with E-state index in [0.29, 0.717) is 6.54 Å². The molecule has 170 valence electrons. The molecular formula is C22H38IN5O2. The third-order valence-corrected chi connectivity index (χ3v) is 6.22. The van der Waals surface area contributed by atoms with Crippen LogP contribution in [0.2, 0.25) is 0 Å². The van der Waals surface area contributed by atoms with E-state index in [1.54, 1.807) is 11.2 Å². The average molecular weight is 531 g/mol. The number of hydrogen-bond acceptors (Lipinski definition) is 4. The van der Waals surface area contributed by atoms with Crippen molar-refractivity contribution in [1.82, 2.24) is 20.4 Å². The Balaban J connectivity index is 0.00000320. The molecule has 0 spiro atoms. The fraction of sp³-hybridized carbons (Fsp3) is 0.727. The summed E-state index contributed by atoms with van der Waals surface area (Å²) >= 11 is 0. The van der Waals surface area contributed by atoms with E-state index in [4.69, 9.17) is 9.41 Å². The highest BCUT2D eigenvalue weighted by Crippen LogP contribution is 2.39. The molecule has 2 fully saturated rings. The van der Waals surface area contributed by atoms with Crippen molar-refractivity contribution < 1.29 is 9.21 Å². The summed E-state index contributed by atoms with van der Waals surface area (Å²) in [7, 11) is 3.69. The number of halogens is 1. The molecule has 1 aliphatic carbocycles. The summed E-state index contributed by atoms with van der Waals surface area (Å²) in [5.41, 5.74) is -0.346. The van der Waals surface area contributed by atoms with Gasteiger partial charge in [-0.3, -0.25) is 14.7 Å². The SMILES string of the molecule is CCNC(=NCC1(C(=O)N(C)C)CCCC1)NCC(c1ccco1)N1CCCC1.I. The maximum Gasteiger partial charge on any atom is 0.230 e. The molecule has 1 unspecified atom stereocenters. The predicted octanol–water partition coefficient (Wildman–Crippen LogP) is 3.24. The highest BCUT2D eigenvalue weighted by molar-refractivity contribution is 14.0. The van der Waals surface area contributed by atoms with Crippen LogP contribution in [0.3, 0.4) is 0 Å². The molecule has 1 aliphatic heterocycles. The fourth-order valence-corrected chi connectivity index (χ4v) is 4.67. The molecule has 2 N–H and O–H groups in total. The second kappa shape index (κ2) is 11.9. The van der Waals surface area contributed by atoms with Crippen molar-refractivity contribution >= 4 is 35.8 Å². The van der Waals surface area contributed by atoms with Crippen molar-refractivity contribution in [3.8, 4) is 0 Å². The van der Waals surface area contributed by atoms with E-state index in [2.05, 4.69) is 28.5 Å². The second-order valence-corrected chi connectivity index (χ2v) is 8.54. The second-order valence-electron chi connectivity index (χ2n) is 8.54. The first-order chi connectivity index (χ1) is 14.1. The van der Waals surface area contributed by atoms with Crippen molar-refractivity contribution in [3.05, 3.63) is 24.2 Å². The van der Waals surface area contributed by atoms with Crippen LogP contribution in [0.5, 0.6) is 0 Å². The van der Waals surface area contributed by atoms with Gasteiger partial charge in [-0.2, -0.15) is 0 Å². The van der Waals surface area contributed by atoms with Crippen molar-refractivity contribution in [2.24, 2.45) is 10.4 Å². The lowest BCUT2D eigenvalue weighted by Gasteiger charge is -2.30. The summed E-state index contributed by atoms with van der Waals surface area (Å²) in [6, 6.07) is 4.20. The van der Waals surface area contributed by atoms with Crippen LogP contribution >= 0.6 is 24.0 Å². The molecule has 30 heavy (non-hydrogen) atoms. The summed E-state index contributed by atoms with van der Waals surface area (Å²) in [5.74, 6) is 1.98. The largest absolute Gasteiger partial charge is 0.468 e. The maximum atomic E-state index is 12.8. The molecule has 1 saturated carbocycles. The van der Waals surface area contributed by atoms with Gasteiger partial charge in [0.05, 0.1) is 24.3 Å². The van der Waals surface area contributed by atoms with Gasteiger partial charge in [0.2, 0.25) is 5.91 Å². The van der Waals surface area contributed by atoms with Crippen molar-refractivity contribution in [3.63, 3.8) is 0 Å². The molecule has 3 rings (SSSR count). The zero-order valence-electron chi connectivity index (χ0n) is 18.7. The monoisotopic (exact) mass is 531 g/mol. The van der Waals surface area contributed by atoms with Crippen LogP contribution in [0, 0.1) is 5.41 Å². The molecule has 1 amide bonds. The highest BCUT2D eigenvalue weighted by atomic mass is 127. The molecule has 8 heteroatoms. The number of rotatable bonds is 8. The number of aliphatic imine (C=N–C) groups is 1. The minimum atomic E-state index is -0.346. The smallest absolute Gasteiger partial charge is 0.230 e. The number of amides is 1. The Bertz CT molecular complexity index is 665. The fourth-order valence-electron chi connectivity index (χ4n) is 4.67. The van der Waals surface area contributed by atoms with Crippen LogP contribution in [0.1, 0.15) is 57.3 Å². The molecule has 2 heterocycles. The summed E-state index contributed by atoms with van der Waals surface area (Å²) in [4.78, 5) is 21.9. The number of carbonyl (C=O) groups is 1. The van der Waals surface area contributed by atoms with E-state index in [1.165, 1.54) is 12.8 Å². The molecule has 1 aromatic rings. The Kier molecular flexibility index (Phi) is 9.93. The third-order valence-electron chi connectivity index (χ3n) is 6.22. The number of furan rings is 1. The first-order valence-corrected chi connectivity index (χ1v) is 11.1. The molecule has 0 bridgehead atoms. The average Bonchev–Trinajstić information content (AvgIpc) is 3.49. The van der Waals surface area contributed by atoms with Gasteiger partial charge in [-0.05, 0) is 57.8 Å². The molecular weight excluding hydrogens is 493 g/mol. The maximum absolute atomic E-state index is 12.8. The van der Waals surface area contributed by atoms with E-state index in [9.17, 15) is 4.79 Å². The number of likely N-dealkylation sites (tertiary alicyclic amines) is 1. The number of nitrogens with one attached hydrogen (secondary N) is 2. The van der Waals surface area contributed by atoms with Gasteiger partial charge in [0, 0.05) is 27.2 Å². The lowest BCUT2D eigenvalue weighted by atomic mass is 9.85. The van der Waals surface area contributed by atoms with E-state index < -0.39 is 0 Å². The third kappa shape index (κ3) is 6.12. The number of guanidine groups is 1. The van der Waals surface area contributed by atoms with Gasteiger partial charge >= 0.3 is 0 Å². The van der Waals surface area contributed by atoms with E-state index in [-0.39, 0.29) is 41.3 Å². The number of carbonyl (C=O) groups excluding carboxylic acids is 1. The van der Waals surface area contributed by atoms with Gasteiger partial charge in [0.25, 0.3) is 0 Å². The van der Waals surface area contributed by atoms with Gasteiger partial charge in [0.15, 0.2) is 5.96 Å². The quantitative estimate of drug-likeness (QED) is 0.306. The van der Waals surface area contributed by atoms with Crippen molar-refractivity contribution in [2.45, 2.75) is 51.5 Å². The van der Waals surface area contributed by atoms with Gasteiger partial charge in [0.1, 0.15) is 5.76 Å². The minimum absolute atomic E-state index is 0. The summed E-state index contributed by atoms with van der Waals surface area (Å²) in [6.07, 6.45) is 8.28. The summed E-state index contributed by atoms with van der Waals surface area (Å²) in [5, 5.41) is 6.86. The normalized spacial score (nSPS) is 19.9. The molecule has 7 nitrogen and oxygen atoms in total. The first-order valence-electron chi connectivity index (χ1n) is 11.1. The minimum Gasteiger partial charge on any atom is -0.468 e. The van der Waals surface area contributed by atoms with Crippen LogP contribution in [0.25, 0.3) is 0 Å². The van der Waals surface area contributed by atoms with Gasteiger partial charge in [-0.25, -0.2) is 0 Å². The lowest BCUT2D eigenvalue weighted by Crippen LogP contribution is -2.45. The predicted molar refractivity (Wildman–Crippen MR) is 131 cm³/mol. The van der Waals surface area contributed by atoms with Crippen LogP contribution in [-0.4, -0.2) is 68.5 Å². The highest BCUT2D eigenvalue weighted by Gasteiger charge is 2.42. The molecule has 1 aromatic heterocycles. The van der Waals surface area contributed by atoms with Crippen LogP contribution in [0.15, 0.2) is 27.8 Å². The Morgan fingerprint density at radius 1 is 1.23 bits per heavy atom. The zero-order valence-corrected chi connectivity index (χ0v) is 21.0. The van der Waals surface area contributed by atoms with E-state index >= 15 is 0 Å². The molecule has 0 radical (unpaired) electrons. The molecule has 0 aromatic carbocycles. The van der Waals surface area contributed by atoms with Crippen molar-refractivity contribution in [1.29, 1.82) is 0 Å². The Hall–Kier alpha value is -1.29. The molecule has 1 atom stereocenters. The van der Waals surface area contributed by atoms with Crippen LogP contribution in [-0.2, 0) is 4.79 Å². The molecule has 1 saturated heterocycles. The summed E-state index contributed by atoms with van der Waals surface area (Å²) < 4.78 is 5.72. The lowest BCUT2D eigenvalue weighted by molar-refractivity contribution is -0.138. The zero-order chi connectivity index (χ0) is 20.7. The topological polar surface area (TPSA) is 73.1 Å².